The maximum atomic E-state index is 13.3. The monoisotopic (exact) mass is 343 g/mol. The molecule has 0 aliphatic carbocycles. The van der Waals surface area contributed by atoms with Crippen LogP contribution in [0.15, 0.2) is 23.1 Å². The molecule has 2 bridgehead atoms. The van der Waals surface area contributed by atoms with Gasteiger partial charge in [-0.15, -0.1) is 0 Å². The van der Waals surface area contributed by atoms with Gasteiger partial charge in [0.15, 0.2) is 0 Å². The fourth-order valence-electron chi connectivity index (χ4n) is 5.32. The van der Waals surface area contributed by atoms with E-state index in [4.69, 9.17) is 0 Å². The molecule has 5 nitrogen and oxygen atoms in total. The average molecular weight is 343 g/mol. The molecular weight excluding hydrogens is 314 g/mol. The lowest BCUT2D eigenvalue weighted by atomic mass is 9.70. The topological polar surface area (TPSA) is 54.3 Å². The molecule has 0 radical (unpaired) electrons. The summed E-state index contributed by atoms with van der Waals surface area (Å²) in [5.41, 5.74) is 1.01. The molecule has 0 spiro atoms. The van der Waals surface area contributed by atoms with E-state index in [1.807, 2.05) is 6.20 Å². The molecule has 0 saturated carbocycles. The fourth-order valence-corrected chi connectivity index (χ4v) is 5.32. The Labute approximate surface area is 149 Å². The third kappa shape index (κ3) is 2.73. The predicted molar refractivity (Wildman–Crippen MR) is 97.5 cm³/mol. The lowest BCUT2D eigenvalue weighted by Gasteiger charge is -2.41. The van der Waals surface area contributed by atoms with Gasteiger partial charge in [0.1, 0.15) is 0 Å². The number of nitrogens with zero attached hydrogens (tertiary/aromatic N) is 2. The Balaban J connectivity index is 1.44. The van der Waals surface area contributed by atoms with E-state index in [2.05, 4.69) is 23.2 Å². The molecule has 3 saturated heterocycles. The molecule has 4 rings (SSSR count). The number of likely N-dealkylation sites (tertiary alicyclic amines) is 1. The Kier molecular flexibility index (Phi) is 4.22. The zero-order chi connectivity index (χ0) is 17.6. The van der Waals surface area contributed by atoms with Crippen molar-refractivity contribution in [3.8, 4) is 0 Å². The minimum absolute atomic E-state index is 0.0500. The molecule has 1 amide bonds. The van der Waals surface area contributed by atoms with Crippen LogP contribution in [0.4, 0.5) is 0 Å². The highest BCUT2D eigenvalue weighted by Crippen LogP contribution is 2.47. The van der Waals surface area contributed by atoms with Gasteiger partial charge in [0.2, 0.25) is 5.91 Å². The van der Waals surface area contributed by atoms with E-state index in [9.17, 15) is 9.59 Å². The van der Waals surface area contributed by atoms with Gasteiger partial charge in [0.25, 0.3) is 5.56 Å². The molecule has 3 aliphatic rings. The first-order valence-corrected chi connectivity index (χ1v) is 9.75. The average Bonchev–Trinajstić information content (AvgIpc) is 3.25. The number of hydrogen-bond acceptors (Lipinski definition) is 3. The molecule has 0 aromatic carbocycles. The Hall–Kier alpha value is -1.62. The van der Waals surface area contributed by atoms with E-state index in [1.165, 1.54) is 6.42 Å². The van der Waals surface area contributed by atoms with Crippen molar-refractivity contribution in [1.82, 2.24) is 14.8 Å². The summed E-state index contributed by atoms with van der Waals surface area (Å²) in [7, 11) is 1.78. The highest BCUT2D eigenvalue weighted by atomic mass is 16.2. The van der Waals surface area contributed by atoms with Crippen LogP contribution in [0, 0.1) is 5.41 Å². The molecule has 3 fully saturated rings. The number of rotatable bonds is 3. The third-order valence-corrected chi connectivity index (χ3v) is 6.96. The first-order chi connectivity index (χ1) is 12.0. The van der Waals surface area contributed by atoms with Crippen LogP contribution in [0.5, 0.6) is 0 Å². The summed E-state index contributed by atoms with van der Waals surface area (Å²) in [5.74, 6) is 0.769. The van der Waals surface area contributed by atoms with Crippen molar-refractivity contribution in [3.05, 3.63) is 34.2 Å². The van der Waals surface area contributed by atoms with Gasteiger partial charge < -0.3 is 14.8 Å². The molecular formula is C20H29N3O2. The maximum absolute atomic E-state index is 13.3. The number of hydrogen-bond donors (Lipinski definition) is 1. The van der Waals surface area contributed by atoms with Crippen LogP contribution in [0.1, 0.15) is 56.9 Å². The van der Waals surface area contributed by atoms with E-state index in [0.29, 0.717) is 23.9 Å². The van der Waals surface area contributed by atoms with Crippen molar-refractivity contribution in [1.29, 1.82) is 0 Å². The molecule has 3 aliphatic heterocycles. The van der Waals surface area contributed by atoms with Gasteiger partial charge in [-0.05, 0) is 56.1 Å². The third-order valence-electron chi connectivity index (χ3n) is 6.96. The molecule has 1 aromatic heterocycles. The summed E-state index contributed by atoms with van der Waals surface area (Å²) < 4.78 is 1.61. The van der Waals surface area contributed by atoms with E-state index in [1.54, 1.807) is 17.7 Å². The number of carbonyl (C=O) groups excluding carboxylic acids is 1. The largest absolute Gasteiger partial charge is 0.342 e. The van der Waals surface area contributed by atoms with Crippen LogP contribution < -0.4 is 10.9 Å². The van der Waals surface area contributed by atoms with Crippen molar-refractivity contribution in [2.75, 3.05) is 13.1 Å². The van der Waals surface area contributed by atoms with Gasteiger partial charge in [-0.2, -0.15) is 0 Å². The molecule has 5 heteroatoms. The summed E-state index contributed by atoms with van der Waals surface area (Å²) >= 11 is 0. The second kappa shape index (κ2) is 6.27. The van der Waals surface area contributed by atoms with Gasteiger partial charge in [-0.3, -0.25) is 9.59 Å². The lowest BCUT2D eigenvalue weighted by Crippen LogP contribution is -2.51. The van der Waals surface area contributed by atoms with Crippen LogP contribution in [0.3, 0.4) is 0 Å². The molecule has 136 valence electrons. The first kappa shape index (κ1) is 16.8. The molecule has 25 heavy (non-hydrogen) atoms. The zero-order valence-corrected chi connectivity index (χ0v) is 15.3. The van der Waals surface area contributed by atoms with Crippen LogP contribution >= 0.6 is 0 Å². The van der Waals surface area contributed by atoms with Crippen LogP contribution in [0.25, 0.3) is 0 Å². The molecule has 3 atom stereocenters. The van der Waals surface area contributed by atoms with Crippen molar-refractivity contribution < 1.29 is 4.79 Å². The van der Waals surface area contributed by atoms with Crippen LogP contribution in [-0.2, 0) is 11.8 Å². The van der Waals surface area contributed by atoms with Crippen molar-refractivity contribution in [2.24, 2.45) is 12.5 Å². The van der Waals surface area contributed by atoms with Crippen molar-refractivity contribution >= 4 is 5.91 Å². The summed E-state index contributed by atoms with van der Waals surface area (Å²) in [4.78, 5) is 27.3. The van der Waals surface area contributed by atoms with Crippen LogP contribution in [-0.4, -0.2) is 40.5 Å². The summed E-state index contributed by atoms with van der Waals surface area (Å²) in [6, 6.07) is 4.74. The normalized spacial score (nSPS) is 32.3. The summed E-state index contributed by atoms with van der Waals surface area (Å²) in [6.07, 6.45) is 8.09. The fraction of sp³-hybridized carbons (Fsp3) is 0.700. The number of aryl methyl sites for hydroxylation is 1. The number of pyridine rings is 1. The summed E-state index contributed by atoms with van der Waals surface area (Å²) in [6.45, 7) is 3.81. The Morgan fingerprint density at radius 3 is 2.60 bits per heavy atom. The van der Waals surface area contributed by atoms with Crippen LogP contribution in [0.2, 0.25) is 0 Å². The number of carbonyl (C=O) groups is 1. The van der Waals surface area contributed by atoms with E-state index >= 15 is 0 Å². The lowest BCUT2D eigenvalue weighted by molar-refractivity contribution is -0.145. The van der Waals surface area contributed by atoms with Gasteiger partial charge >= 0.3 is 0 Å². The van der Waals surface area contributed by atoms with E-state index < -0.39 is 0 Å². The van der Waals surface area contributed by atoms with Gasteiger partial charge in [-0.1, -0.05) is 6.92 Å². The number of aromatic nitrogens is 1. The smallest absolute Gasteiger partial charge is 0.250 e. The predicted octanol–water partition coefficient (Wildman–Crippen LogP) is 2.01. The Bertz CT molecular complexity index is 720. The number of fused-ring (bicyclic) bond motifs is 2. The first-order valence-electron chi connectivity index (χ1n) is 9.75. The second-order valence-corrected chi connectivity index (χ2v) is 8.18. The quantitative estimate of drug-likeness (QED) is 0.913. The summed E-state index contributed by atoms with van der Waals surface area (Å²) in [5, 5.41) is 3.65. The van der Waals surface area contributed by atoms with Gasteiger partial charge in [-0.25, -0.2) is 0 Å². The standard InChI is InChI=1S/C20H29N3O2/c1-3-20(13-16-4-5-17(20)21-16)19(25)23-10-7-14(8-11-23)15-6-9-22(2)18(24)12-15/h6,9,12,14,16-17,21H,3-5,7-8,10-11,13H2,1-2H3/t16-,17+,20+/m0/s1. The Morgan fingerprint density at radius 2 is 2.04 bits per heavy atom. The second-order valence-electron chi connectivity index (χ2n) is 8.18. The minimum atomic E-state index is -0.168. The van der Waals surface area contributed by atoms with Gasteiger partial charge in [0, 0.05) is 44.5 Å². The molecule has 1 aromatic rings. The number of amides is 1. The number of nitrogens with one attached hydrogen (secondary N) is 1. The SMILES string of the molecule is CC[C@@]1(C(=O)N2CCC(c3ccn(C)c(=O)c3)CC2)C[C@@H]2CC[C@H]1N2. The van der Waals surface area contributed by atoms with E-state index in [-0.39, 0.29) is 11.0 Å². The van der Waals surface area contributed by atoms with E-state index in [0.717, 1.165) is 50.8 Å². The number of piperidine rings is 1. The van der Waals surface area contributed by atoms with Crippen molar-refractivity contribution in [3.63, 3.8) is 0 Å². The molecule has 4 heterocycles. The Morgan fingerprint density at radius 1 is 1.28 bits per heavy atom. The molecule has 1 N–H and O–H groups in total. The highest BCUT2D eigenvalue weighted by molar-refractivity contribution is 5.84. The zero-order valence-electron chi connectivity index (χ0n) is 15.3. The minimum Gasteiger partial charge on any atom is -0.342 e. The highest BCUT2D eigenvalue weighted by Gasteiger charge is 2.55. The maximum Gasteiger partial charge on any atom is 0.250 e. The van der Waals surface area contributed by atoms with Crippen molar-refractivity contribution in [2.45, 2.75) is 63.5 Å². The molecule has 0 unspecified atom stereocenters. The van der Waals surface area contributed by atoms with Gasteiger partial charge in [0.05, 0.1) is 5.41 Å².